The predicted molar refractivity (Wildman–Crippen MR) is 121 cm³/mol. The third kappa shape index (κ3) is 5.59. The van der Waals surface area contributed by atoms with Crippen LogP contribution in [0.1, 0.15) is 21.5 Å². The fraction of sp³-hybridized carbons (Fsp3) is 0.300. The zero-order valence-corrected chi connectivity index (χ0v) is 18.3. The number of nitrogens with zero attached hydrogens (tertiary/aromatic N) is 2. The van der Waals surface area contributed by atoms with Crippen LogP contribution in [0.2, 0.25) is 5.02 Å². The lowest BCUT2D eigenvalue weighted by Crippen LogP contribution is -2.46. The summed E-state index contributed by atoms with van der Waals surface area (Å²) in [5, 5.41) is 6.66. The molecule has 0 aromatic heterocycles. The fourth-order valence-corrected chi connectivity index (χ4v) is 3.32. The fourth-order valence-electron chi connectivity index (χ4n) is 3.10. The van der Waals surface area contributed by atoms with Crippen molar-refractivity contribution in [1.82, 2.24) is 15.5 Å². The molecule has 0 unspecified atom stereocenters. The number of fused-ring (bicyclic) bond motifs is 1. The van der Waals surface area contributed by atoms with Crippen molar-refractivity contribution in [3.8, 4) is 0 Å². The molecule has 7 heteroatoms. The zero-order valence-electron chi connectivity index (χ0n) is 15.2. The summed E-state index contributed by atoms with van der Waals surface area (Å²) in [7, 11) is 1.78. The molecule has 0 aliphatic carbocycles. The Bertz CT molecular complexity index is 812. The summed E-state index contributed by atoms with van der Waals surface area (Å²) in [6.07, 6.45) is 1.01. The van der Waals surface area contributed by atoms with Gasteiger partial charge in [0.25, 0.3) is 5.91 Å². The first-order valence-electron chi connectivity index (χ1n) is 8.74. The average molecular weight is 499 g/mol. The van der Waals surface area contributed by atoms with Gasteiger partial charge in [0, 0.05) is 33.2 Å². The highest BCUT2D eigenvalue weighted by Crippen LogP contribution is 2.18. The van der Waals surface area contributed by atoms with Gasteiger partial charge in [0.2, 0.25) is 0 Å². The predicted octanol–water partition coefficient (Wildman–Crippen LogP) is 3.32. The van der Waals surface area contributed by atoms with Crippen LogP contribution in [0, 0.1) is 0 Å². The zero-order chi connectivity index (χ0) is 18.4. The Hall–Kier alpha value is -1.80. The molecule has 0 radical (unpaired) electrons. The standard InChI is InChI=1S/C20H23ClN4O.HI/c1-22-20(25-13-10-15-6-2-3-7-16(15)14-25)24-12-11-23-19(26)17-8-4-5-9-18(17)21;/h2-9H,10-14H2,1H3,(H,22,24)(H,23,26);1H. The van der Waals surface area contributed by atoms with Gasteiger partial charge in [-0.1, -0.05) is 48.0 Å². The Morgan fingerprint density at radius 3 is 2.48 bits per heavy atom. The van der Waals surface area contributed by atoms with Gasteiger partial charge in [-0.05, 0) is 29.7 Å². The third-order valence-corrected chi connectivity index (χ3v) is 4.78. The molecular weight excluding hydrogens is 475 g/mol. The van der Waals surface area contributed by atoms with Crippen molar-refractivity contribution >= 4 is 47.4 Å². The Kier molecular flexibility index (Phi) is 8.37. The van der Waals surface area contributed by atoms with Gasteiger partial charge >= 0.3 is 0 Å². The summed E-state index contributed by atoms with van der Waals surface area (Å²) in [5.74, 6) is 0.686. The van der Waals surface area contributed by atoms with E-state index in [9.17, 15) is 4.79 Å². The highest BCUT2D eigenvalue weighted by atomic mass is 127. The molecule has 144 valence electrons. The molecule has 0 fully saturated rings. The maximum absolute atomic E-state index is 12.2. The van der Waals surface area contributed by atoms with E-state index in [4.69, 9.17) is 11.6 Å². The van der Waals surface area contributed by atoms with E-state index in [-0.39, 0.29) is 29.9 Å². The van der Waals surface area contributed by atoms with Gasteiger partial charge in [-0.2, -0.15) is 0 Å². The first-order valence-corrected chi connectivity index (χ1v) is 9.12. The molecule has 3 rings (SSSR count). The molecule has 27 heavy (non-hydrogen) atoms. The molecular formula is C20H24ClIN4O. The summed E-state index contributed by atoms with van der Waals surface area (Å²) in [5.41, 5.74) is 3.24. The summed E-state index contributed by atoms with van der Waals surface area (Å²) >= 11 is 6.05. The van der Waals surface area contributed by atoms with E-state index in [0.717, 1.165) is 25.5 Å². The molecule has 1 heterocycles. The first kappa shape index (κ1) is 21.5. The average Bonchev–Trinajstić information content (AvgIpc) is 2.68. The maximum atomic E-state index is 12.2. The number of aliphatic imine (C=N–C) groups is 1. The normalized spacial score (nSPS) is 13.4. The molecule has 0 bridgehead atoms. The smallest absolute Gasteiger partial charge is 0.252 e. The molecule has 5 nitrogen and oxygen atoms in total. The molecule has 0 atom stereocenters. The highest BCUT2D eigenvalue weighted by Gasteiger charge is 2.18. The second-order valence-electron chi connectivity index (χ2n) is 6.15. The SMILES string of the molecule is CN=C(NCCNC(=O)c1ccccc1Cl)N1CCc2ccccc2C1.I. The summed E-state index contributed by atoms with van der Waals surface area (Å²) in [4.78, 5) is 18.8. The van der Waals surface area contributed by atoms with Crippen LogP contribution >= 0.6 is 35.6 Å². The molecule has 0 saturated carbocycles. The molecule has 0 spiro atoms. The molecule has 1 aliphatic heterocycles. The molecule has 2 aromatic rings. The van der Waals surface area contributed by atoms with Crippen LogP contribution < -0.4 is 10.6 Å². The largest absolute Gasteiger partial charge is 0.354 e. The van der Waals surface area contributed by atoms with Crippen molar-refractivity contribution in [3.63, 3.8) is 0 Å². The number of hydrogen-bond donors (Lipinski definition) is 2. The lowest BCUT2D eigenvalue weighted by atomic mass is 10.0. The number of guanidine groups is 1. The number of rotatable bonds is 4. The summed E-state index contributed by atoms with van der Waals surface area (Å²) < 4.78 is 0. The number of halogens is 2. The Morgan fingerprint density at radius 2 is 1.74 bits per heavy atom. The van der Waals surface area contributed by atoms with Crippen LogP contribution in [-0.2, 0) is 13.0 Å². The Labute approximate surface area is 182 Å². The van der Waals surface area contributed by atoms with Crippen LogP contribution in [0.15, 0.2) is 53.5 Å². The molecule has 1 aliphatic rings. The minimum atomic E-state index is -0.167. The third-order valence-electron chi connectivity index (χ3n) is 4.45. The highest BCUT2D eigenvalue weighted by molar-refractivity contribution is 14.0. The van der Waals surface area contributed by atoms with E-state index in [1.54, 1.807) is 31.3 Å². The van der Waals surface area contributed by atoms with Gasteiger partial charge < -0.3 is 15.5 Å². The molecule has 1 amide bonds. The lowest BCUT2D eigenvalue weighted by molar-refractivity contribution is 0.0954. The van der Waals surface area contributed by atoms with Gasteiger partial charge in [-0.15, -0.1) is 24.0 Å². The van der Waals surface area contributed by atoms with E-state index in [1.165, 1.54) is 11.1 Å². The molecule has 2 N–H and O–H groups in total. The number of hydrogen-bond acceptors (Lipinski definition) is 2. The van der Waals surface area contributed by atoms with Crippen LogP contribution in [0.5, 0.6) is 0 Å². The number of nitrogens with one attached hydrogen (secondary N) is 2. The maximum Gasteiger partial charge on any atom is 0.252 e. The second-order valence-corrected chi connectivity index (χ2v) is 6.56. The molecule has 0 saturated heterocycles. The minimum absolute atomic E-state index is 0. The van der Waals surface area contributed by atoms with E-state index < -0.39 is 0 Å². The van der Waals surface area contributed by atoms with Crippen molar-refractivity contribution in [2.45, 2.75) is 13.0 Å². The van der Waals surface area contributed by atoms with Crippen molar-refractivity contribution in [3.05, 3.63) is 70.2 Å². The van der Waals surface area contributed by atoms with Crippen LogP contribution in [0.3, 0.4) is 0 Å². The quantitative estimate of drug-likeness (QED) is 0.294. The number of amides is 1. The van der Waals surface area contributed by atoms with Gasteiger partial charge in [-0.3, -0.25) is 9.79 Å². The van der Waals surface area contributed by atoms with Crippen molar-refractivity contribution in [2.24, 2.45) is 4.99 Å². The van der Waals surface area contributed by atoms with E-state index >= 15 is 0 Å². The van der Waals surface area contributed by atoms with E-state index in [2.05, 4.69) is 44.8 Å². The van der Waals surface area contributed by atoms with Crippen LogP contribution in [0.25, 0.3) is 0 Å². The van der Waals surface area contributed by atoms with E-state index in [0.29, 0.717) is 23.7 Å². The van der Waals surface area contributed by atoms with Crippen LogP contribution in [0.4, 0.5) is 0 Å². The van der Waals surface area contributed by atoms with Gasteiger partial charge in [0.1, 0.15) is 0 Å². The second kappa shape index (κ2) is 10.5. The summed E-state index contributed by atoms with van der Waals surface area (Å²) in [6.45, 7) is 2.87. The first-order chi connectivity index (χ1) is 12.7. The number of carbonyl (C=O) groups excluding carboxylic acids is 1. The lowest BCUT2D eigenvalue weighted by Gasteiger charge is -2.31. The summed E-state index contributed by atoms with van der Waals surface area (Å²) in [6, 6.07) is 15.5. The number of carbonyl (C=O) groups is 1. The van der Waals surface area contributed by atoms with Crippen molar-refractivity contribution in [1.29, 1.82) is 0 Å². The monoisotopic (exact) mass is 498 g/mol. The number of benzene rings is 2. The molecule has 2 aromatic carbocycles. The minimum Gasteiger partial charge on any atom is -0.354 e. The topological polar surface area (TPSA) is 56.7 Å². The Morgan fingerprint density at radius 1 is 1.07 bits per heavy atom. The Balaban J connectivity index is 0.00000261. The van der Waals surface area contributed by atoms with Crippen LogP contribution in [-0.4, -0.2) is 43.4 Å². The van der Waals surface area contributed by atoms with Crippen molar-refractivity contribution in [2.75, 3.05) is 26.7 Å². The van der Waals surface area contributed by atoms with Crippen molar-refractivity contribution < 1.29 is 4.79 Å². The van der Waals surface area contributed by atoms with Gasteiger partial charge in [0.15, 0.2) is 5.96 Å². The van der Waals surface area contributed by atoms with Gasteiger partial charge in [-0.25, -0.2) is 0 Å². The van der Waals surface area contributed by atoms with E-state index in [1.807, 2.05) is 0 Å². The van der Waals surface area contributed by atoms with Gasteiger partial charge in [0.05, 0.1) is 10.6 Å².